The van der Waals surface area contributed by atoms with Crippen molar-refractivity contribution >= 4 is 88.1 Å². The first kappa shape index (κ1) is 61.8. The summed E-state index contributed by atoms with van der Waals surface area (Å²) in [6, 6.07) is 27.7. The van der Waals surface area contributed by atoms with Gasteiger partial charge in [-0.05, 0) is 98.2 Å². The van der Waals surface area contributed by atoms with Gasteiger partial charge < -0.3 is 71.1 Å². The Morgan fingerprint density at radius 2 is 1.48 bits per heavy atom. The van der Waals surface area contributed by atoms with E-state index in [9.17, 15) is 57.5 Å². The largest absolute Gasteiger partial charge is 0.480 e. The number of aliphatic carboxylic acids is 1. The Balaban J connectivity index is 0.853. The van der Waals surface area contributed by atoms with Crippen LogP contribution >= 0.6 is 7.60 Å². The summed E-state index contributed by atoms with van der Waals surface area (Å²) in [4.78, 5) is 158. The molecule has 0 saturated carbocycles. The van der Waals surface area contributed by atoms with Crippen LogP contribution in [0, 0.1) is 0 Å². The highest BCUT2D eigenvalue weighted by atomic mass is 31.2. The number of nitrogens with two attached hydrogens (primary N) is 1. The number of nitrogens with zero attached hydrogens (tertiary/aromatic N) is 4. The van der Waals surface area contributed by atoms with Gasteiger partial charge in [0.05, 0.1) is 18.3 Å². The van der Waals surface area contributed by atoms with E-state index in [0.717, 1.165) is 40.5 Å². The van der Waals surface area contributed by atoms with E-state index in [0.29, 0.717) is 35.9 Å². The zero-order chi connectivity index (χ0) is 61.9. The van der Waals surface area contributed by atoms with E-state index in [2.05, 4.69) is 31.6 Å². The molecule has 4 aromatic carbocycles. The van der Waals surface area contributed by atoms with Crippen LogP contribution in [-0.2, 0) is 41.6 Å². The fraction of sp³-hybridized carbons (Fsp3) is 0.311. The molecule has 0 unspecified atom stereocenters. The van der Waals surface area contributed by atoms with Crippen molar-refractivity contribution in [2.45, 2.75) is 101 Å². The molecule has 9 rings (SSSR count). The summed E-state index contributed by atoms with van der Waals surface area (Å²) >= 11 is 0. The number of carbonyl (C=O) groups excluding carboxylic acids is 8. The van der Waals surface area contributed by atoms with Gasteiger partial charge in [-0.15, -0.1) is 0 Å². The summed E-state index contributed by atoms with van der Waals surface area (Å²) in [7, 11) is -5.14. The van der Waals surface area contributed by atoms with Crippen molar-refractivity contribution in [2.24, 2.45) is 5.73 Å². The second-order valence-electron chi connectivity index (χ2n) is 21.5. The molecule has 26 heteroatoms. The minimum Gasteiger partial charge on any atom is -0.480 e. The molecule has 2 fully saturated rings. The summed E-state index contributed by atoms with van der Waals surface area (Å²) in [6.45, 7) is 0.137. The molecule has 87 heavy (non-hydrogen) atoms. The average Bonchev–Trinajstić information content (AvgIpc) is 2.36. The van der Waals surface area contributed by atoms with E-state index in [4.69, 9.17) is 10.8 Å². The maximum absolute atomic E-state index is 15.1. The molecule has 0 radical (unpaired) electrons. The van der Waals surface area contributed by atoms with E-state index >= 15 is 4.79 Å². The van der Waals surface area contributed by atoms with Crippen molar-refractivity contribution in [3.8, 4) is 0 Å². The van der Waals surface area contributed by atoms with Gasteiger partial charge in [0, 0.05) is 83.5 Å². The maximum Gasteiger partial charge on any atom is 0.396 e. The van der Waals surface area contributed by atoms with Crippen LogP contribution in [0.25, 0.3) is 21.8 Å². The number of urea groups is 1. The smallest absolute Gasteiger partial charge is 0.396 e. The van der Waals surface area contributed by atoms with Crippen LogP contribution in [0.1, 0.15) is 106 Å². The number of benzene rings is 4. The molecule has 2 aliphatic rings. The summed E-state index contributed by atoms with van der Waals surface area (Å²) < 4.78 is 14.8. The van der Waals surface area contributed by atoms with Gasteiger partial charge in [-0.1, -0.05) is 79.6 Å². The lowest BCUT2D eigenvalue weighted by molar-refractivity contribution is -0.143. The third kappa shape index (κ3) is 15.2. The Kier molecular flexibility index (Phi) is 19.6. The number of rotatable bonds is 24. The van der Waals surface area contributed by atoms with Crippen LogP contribution in [0.4, 0.5) is 10.5 Å². The van der Waals surface area contributed by atoms with Gasteiger partial charge in [-0.25, -0.2) is 4.79 Å². The number of fused-ring (bicyclic) bond motifs is 3. The number of unbranched alkanes of at least 4 members (excludes halogenated alkanes) is 3. The van der Waals surface area contributed by atoms with Gasteiger partial charge in [0.2, 0.25) is 23.6 Å². The van der Waals surface area contributed by atoms with Crippen LogP contribution in [0.15, 0.2) is 139 Å². The van der Waals surface area contributed by atoms with Gasteiger partial charge >= 0.3 is 19.6 Å². The molecule has 11 N–H and O–H groups in total. The molecular weight excluding hydrogens is 1140 g/mol. The van der Waals surface area contributed by atoms with Gasteiger partial charge in [0.25, 0.3) is 22.9 Å². The number of hydrogen-bond donors (Lipinski definition) is 10. The summed E-state index contributed by atoms with van der Waals surface area (Å²) in [5.41, 5.74) is 6.55. The molecule has 2 saturated heterocycles. The number of carboxylic acids is 1. The number of aromatic amines is 1. The SMILES string of the molecule is NC(=O)CC[C@H](NC(=O)[C@@H]1CC[C@@H]2CCN(C(=O)NCCCCCCn3ccc4c(C(=O)Nc5ccc(=O)n(CC(=O)O)c5)cccc43)C[C@H](NC(=O)c3cc4cc(C(=O)P(=O)(O)O)ccc4[nH]3)C(=O)N21)C(=O)NC(c1ccccc1)c1ccccc1. The normalized spacial score (nSPS) is 16.4. The van der Waals surface area contributed by atoms with Crippen molar-refractivity contribution in [3.05, 3.63) is 172 Å². The van der Waals surface area contributed by atoms with Crippen LogP contribution in [0.5, 0.6) is 0 Å². The summed E-state index contributed by atoms with van der Waals surface area (Å²) in [5.74, 6) is -5.12. The molecular formula is C61H66N11O14P. The minimum atomic E-state index is -5.14. The fourth-order valence-electron chi connectivity index (χ4n) is 11.2. The van der Waals surface area contributed by atoms with Gasteiger partial charge in [0.15, 0.2) is 0 Å². The molecule has 5 heterocycles. The van der Waals surface area contributed by atoms with E-state index in [1.54, 1.807) is 12.1 Å². The third-order valence-corrected chi connectivity index (χ3v) is 16.3. The van der Waals surface area contributed by atoms with E-state index in [1.165, 1.54) is 52.4 Å². The van der Waals surface area contributed by atoms with Crippen LogP contribution in [0.2, 0.25) is 0 Å². The summed E-state index contributed by atoms with van der Waals surface area (Å²) in [5, 5.41) is 24.4. The first-order chi connectivity index (χ1) is 41.7. The molecule has 8 amide bonds. The number of pyridine rings is 1. The molecule has 25 nitrogen and oxygen atoms in total. The van der Waals surface area contributed by atoms with Crippen LogP contribution in [-0.4, -0.2) is 136 Å². The zero-order valence-corrected chi connectivity index (χ0v) is 48.0. The average molecular weight is 1210 g/mol. The second kappa shape index (κ2) is 27.5. The minimum absolute atomic E-state index is 0.0891. The first-order valence-corrected chi connectivity index (χ1v) is 30.0. The fourth-order valence-corrected chi connectivity index (χ4v) is 11.7. The molecule has 4 atom stereocenters. The third-order valence-electron chi connectivity index (χ3n) is 15.5. The topological polar surface area (TPSA) is 367 Å². The quantitative estimate of drug-likeness (QED) is 0.0289. The highest BCUT2D eigenvalue weighted by Crippen LogP contribution is 2.39. The number of carbonyl (C=O) groups is 9. The van der Waals surface area contributed by atoms with Crippen molar-refractivity contribution in [3.63, 3.8) is 0 Å². The lowest BCUT2D eigenvalue weighted by atomic mass is 9.98. The van der Waals surface area contributed by atoms with E-state index in [1.807, 2.05) is 83.6 Å². The number of aromatic nitrogens is 3. The lowest BCUT2D eigenvalue weighted by Crippen LogP contribution is -2.62. The molecule has 7 aromatic rings. The molecule has 0 aliphatic carbocycles. The van der Waals surface area contributed by atoms with Gasteiger partial charge in [-0.2, -0.15) is 0 Å². The number of nitrogens with one attached hydrogen (secondary N) is 6. The molecule has 2 aliphatic heterocycles. The van der Waals surface area contributed by atoms with Crippen molar-refractivity contribution in [1.82, 2.24) is 45.2 Å². The predicted molar refractivity (Wildman–Crippen MR) is 319 cm³/mol. The Bertz CT molecular complexity index is 3820. The Hall–Kier alpha value is -9.71. The zero-order valence-electron chi connectivity index (χ0n) is 47.1. The predicted octanol–water partition coefficient (Wildman–Crippen LogP) is 4.73. The van der Waals surface area contributed by atoms with Gasteiger partial charge in [0.1, 0.15) is 30.4 Å². The van der Waals surface area contributed by atoms with Crippen molar-refractivity contribution < 1.29 is 62.6 Å². The standard InChI is InChI=1S/C61H66N11O14P/c62-51(73)24-22-46(56(78)68-54(37-12-5-3-6-13-37)38-14-7-4-8-15-38)66-58(80)50-23-20-42-26-30-70(35-48(59(81)72(42)50)67-57(79)47-33-40-32-39(18-21-45(40)65-47)60(82)87(84,85)86)61(83)63-28-9-1-2-10-29-69-31-27-43-44(16-11-17-49(43)69)55(77)64-41-19-25-52(74)71(34-41)36-53(75)76/h3-8,11-19,21,25,27,31-34,42,46,48,50,54,65H,1-2,9-10,20,22-24,26,28-30,35-36H2,(H2,62,73)(H,63,83)(H,64,77)(H,66,80)(H,67,79)(H,68,78)(H,75,76)(H2,84,85,86)/t42-,46+,48+,50+/m1/s1. The number of H-pyrrole nitrogens is 1. The molecule has 3 aromatic heterocycles. The summed E-state index contributed by atoms with van der Waals surface area (Å²) in [6.07, 6.45) is 6.38. The number of carboxylic acid groups (broad SMARTS) is 1. The molecule has 0 spiro atoms. The first-order valence-electron chi connectivity index (χ1n) is 28.4. The number of amides is 8. The molecule has 454 valence electrons. The monoisotopic (exact) mass is 1210 g/mol. The van der Waals surface area contributed by atoms with E-state index < -0.39 is 103 Å². The highest BCUT2D eigenvalue weighted by molar-refractivity contribution is 7.70. The van der Waals surface area contributed by atoms with Crippen molar-refractivity contribution in [1.29, 1.82) is 0 Å². The Labute approximate surface area is 497 Å². The number of hydrogen-bond acceptors (Lipinski definition) is 11. The van der Waals surface area contributed by atoms with Crippen LogP contribution < -0.4 is 37.9 Å². The highest BCUT2D eigenvalue weighted by Gasteiger charge is 2.46. The maximum atomic E-state index is 15.1. The lowest BCUT2D eigenvalue weighted by Gasteiger charge is -2.39. The second-order valence-corrected chi connectivity index (χ2v) is 23.0. The van der Waals surface area contributed by atoms with E-state index in [-0.39, 0.29) is 67.6 Å². The Morgan fingerprint density at radius 1 is 0.759 bits per heavy atom. The van der Waals surface area contributed by atoms with Crippen LogP contribution in [0.3, 0.4) is 0 Å². The van der Waals surface area contributed by atoms with Gasteiger partial charge in [-0.3, -0.25) is 47.7 Å². The number of aryl methyl sites for hydroxylation is 1. The number of anilines is 1. The van der Waals surface area contributed by atoms with Crippen molar-refractivity contribution in [2.75, 3.05) is 25.0 Å². The number of primary amides is 1. The molecule has 0 bridgehead atoms. The Morgan fingerprint density at radius 3 is 2.18 bits per heavy atom.